The van der Waals surface area contributed by atoms with Crippen LogP contribution >= 0.6 is 11.3 Å². The normalized spacial score (nSPS) is 26.3. The van der Waals surface area contributed by atoms with Gasteiger partial charge in [-0.25, -0.2) is 4.98 Å². The minimum absolute atomic E-state index is 0.180. The maximum absolute atomic E-state index is 9.88. The third-order valence-corrected chi connectivity index (χ3v) is 3.95. The summed E-state index contributed by atoms with van der Waals surface area (Å²) < 4.78 is 2.04. The monoisotopic (exact) mass is 237 g/mol. The Balaban J connectivity index is 1.76. The highest BCUT2D eigenvalue weighted by Gasteiger charge is 2.23. The van der Waals surface area contributed by atoms with Gasteiger partial charge in [0.25, 0.3) is 0 Å². The summed E-state index contributed by atoms with van der Waals surface area (Å²) in [5.41, 5.74) is 1.08. The van der Waals surface area contributed by atoms with Gasteiger partial charge in [-0.2, -0.15) is 0 Å². The number of piperidine rings is 1. The lowest BCUT2D eigenvalue weighted by Gasteiger charge is -2.27. The van der Waals surface area contributed by atoms with Crippen molar-refractivity contribution in [3.63, 3.8) is 0 Å². The van der Waals surface area contributed by atoms with Gasteiger partial charge < -0.3 is 10.4 Å². The summed E-state index contributed by atoms with van der Waals surface area (Å²) in [4.78, 5) is 5.58. The fraction of sp³-hybridized carbons (Fsp3) is 0.545. The lowest BCUT2D eigenvalue weighted by Crippen LogP contribution is -2.40. The van der Waals surface area contributed by atoms with E-state index >= 15 is 0 Å². The van der Waals surface area contributed by atoms with Crippen LogP contribution in [-0.2, 0) is 6.42 Å². The van der Waals surface area contributed by atoms with Crippen LogP contribution in [0.2, 0.25) is 0 Å². The highest BCUT2D eigenvalue weighted by atomic mass is 32.1. The molecule has 1 aliphatic heterocycles. The molecular formula is C11H15N3OS. The molecule has 0 aromatic carbocycles. The summed E-state index contributed by atoms with van der Waals surface area (Å²) in [5, 5.41) is 15.2. The number of nitrogens with one attached hydrogen (secondary N) is 1. The largest absolute Gasteiger partial charge is 0.393 e. The van der Waals surface area contributed by atoms with Gasteiger partial charge >= 0.3 is 0 Å². The molecule has 3 rings (SSSR count). The molecule has 0 bridgehead atoms. The van der Waals surface area contributed by atoms with E-state index in [0.717, 1.165) is 36.6 Å². The van der Waals surface area contributed by atoms with E-state index in [-0.39, 0.29) is 6.10 Å². The number of hydrogen-bond acceptors (Lipinski definition) is 4. The number of imidazole rings is 1. The van der Waals surface area contributed by atoms with Crippen molar-refractivity contribution in [3.05, 3.63) is 23.5 Å². The minimum atomic E-state index is -0.180. The van der Waals surface area contributed by atoms with Crippen LogP contribution in [0.5, 0.6) is 0 Å². The number of fused-ring (bicyclic) bond motifs is 1. The number of rotatable bonds is 2. The number of aromatic nitrogens is 2. The van der Waals surface area contributed by atoms with Gasteiger partial charge in [0, 0.05) is 30.2 Å². The van der Waals surface area contributed by atoms with Crippen LogP contribution in [-0.4, -0.2) is 33.7 Å². The molecule has 1 aliphatic rings. The van der Waals surface area contributed by atoms with Gasteiger partial charge in [0.15, 0.2) is 4.96 Å². The summed E-state index contributed by atoms with van der Waals surface area (Å²) in [6.07, 6.45) is 5.62. The van der Waals surface area contributed by atoms with Crippen molar-refractivity contribution < 1.29 is 5.11 Å². The summed E-state index contributed by atoms with van der Waals surface area (Å²) in [6, 6.07) is 0. The lowest BCUT2D eigenvalue weighted by atomic mass is 9.92. The van der Waals surface area contributed by atoms with Crippen LogP contribution in [0.25, 0.3) is 4.96 Å². The van der Waals surface area contributed by atoms with Gasteiger partial charge in [0.1, 0.15) is 0 Å². The Bertz CT molecular complexity index is 450. The lowest BCUT2D eigenvalue weighted by molar-refractivity contribution is 0.0787. The van der Waals surface area contributed by atoms with E-state index in [1.807, 2.05) is 16.0 Å². The van der Waals surface area contributed by atoms with Gasteiger partial charge in [0.2, 0.25) is 0 Å². The molecule has 2 aromatic heterocycles. The Morgan fingerprint density at radius 1 is 1.62 bits per heavy atom. The zero-order chi connectivity index (χ0) is 11.0. The Morgan fingerprint density at radius 3 is 3.38 bits per heavy atom. The number of aliphatic hydroxyl groups is 1. The molecular weight excluding hydrogens is 222 g/mol. The first-order valence-corrected chi connectivity index (χ1v) is 6.51. The smallest absolute Gasteiger partial charge is 0.193 e. The zero-order valence-electron chi connectivity index (χ0n) is 8.97. The van der Waals surface area contributed by atoms with E-state index in [4.69, 9.17) is 0 Å². The van der Waals surface area contributed by atoms with E-state index in [0.29, 0.717) is 5.92 Å². The fourth-order valence-electron chi connectivity index (χ4n) is 2.26. The highest BCUT2D eigenvalue weighted by molar-refractivity contribution is 7.15. The quantitative estimate of drug-likeness (QED) is 0.816. The van der Waals surface area contributed by atoms with Crippen molar-refractivity contribution in [2.24, 2.45) is 5.92 Å². The molecule has 0 radical (unpaired) electrons. The number of nitrogens with zero attached hydrogens (tertiary/aromatic N) is 2. The Labute approximate surface area is 97.9 Å². The van der Waals surface area contributed by atoms with E-state index in [1.165, 1.54) is 0 Å². The number of hydrogen-bond donors (Lipinski definition) is 2. The van der Waals surface area contributed by atoms with Crippen molar-refractivity contribution in [2.75, 3.05) is 13.1 Å². The van der Waals surface area contributed by atoms with Crippen molar-refractivity contribution in [2.45, 2.75) is 18.9 Å². The molecule has 3 heterocycles. The van der Waals surface area contributed by atoms with Crippen molar-refractivity contribution in [1.29, 1.82) is 0 Å². The molecule has 1 fully saturated rings. The van der Waals surface area contributed by atoms with Gasteiger partial charge in [-0.3, -0.25) is 4.40 Å². The van der Waals surface area contributed by atoms with Crippen molar-refractivity contribution in [1.82, 2.24) is 14.7 Å². The van der Waals surface area contributed by atoms with Crippen LogP contribution in [0, 0.1) is 5.92 Å². The predicted octanol–water partition coefficient (Wildman–Crippen LogP) is 0.909. The zero-order valence-corrected chi connectivity index (χ0v) is 9.78. The Morgan fingerprint density at radius 2 is 2.56 bits per heavy atom. The molecule has 1 saturated heterocycles. The average Bonchev–Trinajstić information content (AvgIpc) is 2.81. The van der Waals surface area contributed by atoms with Crippen LogP contribution in [0.4, 0.5) is 0 Å². The SMILES string of the molecule is OC1CCNCC1Cc1cn2ccsc2n1. The van der Waals surface area contributed by atoms with Crippen LogP contribution in [0.3, 0.4) is 0 Å². The van der Waals surface area contributed by atoms with Crippen molar-refractivity contribution in [3.8, 4) is 0 Å². The topological polar surface area (TPSA) is 49.6 Å². The van der Waals surface area contributed by atoms with Gasteiger partial charge in [-0.05, 0) is 19.4 Å². The molecule has 86 valence electrons. The summed E-state index contributed by atoms with van der Waals surface area (Å²) in [5.74, 6) is 0.304. The second kappa shape index (κ2) is 4.16. The first kappa shape index (κ1) is 10.3. The molecule has 2 N–H and O–H groups in total. The van der Waals surface area contributed by atoms with Crippen molar-refractivity contribution >= 4 is 16.3 Å². The fourth-order valence-corrected chi connectivity index (χ4v) is 2.98. The molecule has 2 atom stereocenters. The second-order valence-corrected chi connectivity index (χ2v) is 5.22. The van der Waals surface area contributed by atoms with E-state index in [2.05, 4.69) is 16.5 Å². The third-order valence-electron chi connectivity index (χ3n) is 3.18. The van der Waals surface area contributed by atoms with Gasteiger partial charge in [-0.1, -0.05) is 0 Å². The highest BCUT2D eigenvalue weighted by Crippen LogP contribution is 2.18. The van der Waals surface area contributed by atoms with Crippen LogP contribution in [0.1, 0.15) is 12.1 Å². The molecule has 0 spiro atoms. The number of aliphatic hydroxyl groups excluding tert-OH is 1. The summed E-state index contributed by atoms with van der Waals surface area (Å²) in [6.45, 7) is 1.82. The van der Waals surface area contributed by atoms with E-state index < -0.39 is 0 Å². The van der Waals surface area contributed by atoms with Crippen LogP contribution in [0.15, 0.2) is 17.8 Å². The average molecular weight is 237 g/mol. The standard InChI is InChI=1S/C11H15N3OS/c15-10-1-2-12-6-8(10)5-9-7-14-3-4-16-11(14)13-9/h3-4,7-8,10,12,15H,1-2,5-6H2. The van der Waals surface area contributed by atoms with Gasteiger partial charge in [0.05, 0.1) is 11.8 Å². The summed E-state index contributed by atoms with van der Waals surface area (Å²) in [7, 11) is 0. The van der Waals surface area contributed by atoms with E-state index in [9.17, 15) is 5.11 Å². The van der Waals surface area contributed by atoms with E-state index in [1.54, 1.807) is 11.3 Å². The third kappa shape index (κ3) is 1.86. The second-order valence-electron chi connectivity index (χ2n) is 4.35. The molecule has 2 unspecified atom stereocenters. The molecule has 2 aromatic rings. The predicted molar refractivity (Wildman–Crippen MR) is 63.8 cm³/mol. The number of thiazole rings is 1. The molecule has 4 nitrogen and oxygen atoms in total. The maximum atomic E-state index is 9.88. The Hall–Kier alpha value is -0.910. The van der Waals surface area contributed by atoms with Gasteiger partial charge in [-0.15, -0.1) is 11.3 Å². The Kier molecular flexibility index (Phi) is 2.67. The summed E-state index contributed by atoms with van der Waals surface area (Å²) >= 11 is 1.64. The molecule has 0 saturated carbocycles. The minimum Gasteiger partial charge on any atom is -0.393 e. The molecule has 16 heavy (non-hydrogen) atoms. The molecule has 5 heteroatoms. The molecule has 0 aliphatic carbocycles. The van der Waals surface area contributed by atoms with Crippen LogP contribution < -0.4 is 5.32 Å². The molecule has 0 amide bonds. The maximum Gasteiger partial charge on any atom is 0.193 e. The first-order chi connectivity index (χ1) is 7.83. The first-order valence-electron chi connectivity index (χ1n) is 5.63.